The highest BCUT2D eigenvalue weighted by Gasteiger charge is 2.20. The molecule has 0 bridgehead atoms. The molecular formula is C17H14F2O5. The normalized spacial score (nSPS) is 10.2. The first kappa shape index (κ1) is 17.4. The molecule has 0 atom stereocenters. The van der Waals surface area contributed by atoms with Crippen LogP contribution < -0.4 is 9.47 Å². The number of Topliss-reactive ketones (excluding diaryl/α,β-unsaturated/α-hetero) is 1. The SMILES string of the molecule is COc1ccc(C(=O)COC(=O)c2c(F)cccc2F)cc1OC. The molecule has 0 amide bonds. The van der Waals surface area contributed by atoms with E-state index in [-0.39, 0.29) is 5.56 Å². The van der Waals surface area contributed by atoms with Gasteiger partial charge in [0.1, 0.15) is 17.2 Å². The molecule has 2 aromatic rings. The Morgan fingerprint density at radius 3 is 2.17 bits per heavy atom. The molecule has 0 saturated heterocycles. The smallest absolute Gasteiger partial charge is 0.344 e. The second-order valence-corrected chi connectivity index (χ2v) is 4.67. The summed E-state index contributed by atoms with van der Waals surface area (Å²) >= 11 is 0. The number of halogens is 2. The lowest BCUT2D eigenvalue weighted by atomic mass is 10.1. The van der Waals surface area contributed by atoms with Crippen molar-refractivity contribution in [3.63, 3.8) is 0 Å². The Hall–Kier alpha value is -2.96. The molecule has 2 aromatic carbocycles. The molecule has 0 spiro atoms. The van der Waals surface area contributed by atoms with Crippen molar-refractivity contribution in [1.82, 2.24) is 0 Å². The molecule has 0 aliphatic rings. The first-order valence-electron chi connectivity index (χ1n) is 6.84. The molecule has 0 N–H and O–H groups in total. The molecule has 2 rings (SSSR count). The van der Waals surface area contributed by atoms with Crippen LogP contribution in [0, 0.1) is 11.6 Å². The fraction of sp³-hybridized carbons (Fsp3) is 0.176. The highest BCUT2D eigenvalue weighted by atomic mass is 19.1. The van der Waals surface area contributed by atoms with Crippen molar-refractivity contribution in [3.8, 4) is 11.5 Å². The zero-order valence-corrected chi connectivity index (χ0v) is 13.0. The van der Waals surface area contributed by atoms with Gasteiger partial charge in [-0.15, -0.1) is 0 Å². The number of benzene rings is 2. The quantitative estimate of drug-likeness (QED) is 0.599. The van der Waals surface area contributed by atoms with Gasteiger partial charge >= 0.3 is 5.97 Å². The third-order valence-corrected chi connectivity index (χ3v) is 3.21. The summed E-state index contributed by atoms with van der Waals surface area (Å²) in [6.45, 7) is -0.665. The molecule has 0 saturated carbocycles. The van der Waals surface area contributed by atoms with E-state index in [1.165, 1.54) is 32.4 Å². The van der Waals surface area contributed by atoms with Gasteiger partial charge in [-0.05, 0) is 30.3 Å². The lowest BCUT2D eigenvalue weighted by Crippen LogP contribution is -2.16. The van der Waals surface area contributed by atoms with E-state index < -0.39 is 35.6 Å². The van der Waals surface area contributed by atoms with E-state index in [0.29, 0.717) is 11.5 Å². The van der Waals surface area contributed by atoms with E-state index in [9.17, 15) is 18.4 Å². The van der Waals surface area contributed by atoms with Gasteiger partial charge in [0, 0.05) is 5.56 Å². The third kappa shape index (κ3) is 3.68. The summed E-state index contributed by atoms with van der Waals surface area (Å²) in [5, 5.41) is 0. The maximum Gasteiger partial charge on any atom is 0.344 e. The minimum atomic E-state index is -1.25. The number of carbonyl (C=O) groups excluding carboxylic acids is 2. The standard InChI is InChI=1S/C17H14F2O5/c1-22-14-7-6-10(8-15(14)23-2)13(20)9-24-17(21)16-11(18)4-3-5-12(16)19/h3-8H,9H2,1-2H3. The average molecular weight is 336 g/mol. The predicted molar refractivity (Wildman–Crippen MR) is 80.5 cm³/mol. The number of methoxy groups -OCH3 is 2. The van der Waals surface area contributed by atoms with E-state index in [4.69, 9.17) is 14.2 Å². The van der Waals surface area contributed by atoms with Crippen LogP contribution in [-0.2, 0) is 4.74 Å². The highest BCUT2D eigenvalue weighted by molar-refractivity contribution is 5.99. The second-order valence-electron chi connectivity index (χ2n) is 4.67. The fourth-order valence-electron chi connectivity index (χ4n) is 1.99. The third-order valence-electron chi connectivity index (χ3n) is 3.21. The van der Waals surface area contributed by atoms with Crippen LogP contribution in [0.2, 0.25) is 0 Å². The molecule has 0 radical (unpaired) electrons. The topological polar surface area (TPSA) is 61.8 Å². The minimum Gasteiger partial charge on any atom is -0.493 e. The maximum atomic E-state index is 13.5. The first-order valence-corrected chi connectivity index (χ1v) is 6.84. The van der Waals surface area contributed by atoms with E-state index in [1.807, 2.05) is 0 Å². The lowest BCUT2D eigenvalue weighted by molar-refractivity contribution is 0.0465. The van der Waals surface area contributed by atoms with Crippen molar-refractivity contribution >= 4 is 11.8 Å². The van der Waals surface area contributed by atoms with E-state index >= 15 is 0 Å². The van der Waals surface area contributed by atoms with Crippen molar-refractivity contribution in [2.45, 2.75) is 0 Å². The molecule has 7 heteroatoms. The molecule has 0 heterocycles. The Morgan fingerprint density at radius 1 is 0.958 bits per heavy atom. The summed E-state index contributed by atoms with van der Waals surface area (Å²) in [6.07, 6.45) is 0. The maximum absolute atomic E-state index is 13.5. The number of carbonyl (C=O) groups is 2. The number of hydrogen-bond donors (Lipinski definition) is 0. The van der Waals surface area contributed by atoms with Crippen molar-refractivity contribution in [2.75, 3.05) is 20.8 Å². The Balaban J connectivity index is 2.09. The van der Waals surface area contributed by atoms with Crippen molar-refractivity contribution < 1.29 is 32.6 Å². The summed E-state index contributed by atoms with van der Waals surface area (Å²) in [5.74, 6) is -3.16. The molecular weight excluding hydrogens is 322 g/mol. The van der Waals surface area contributed by atoms with Gasteiger partial charge in [-0.2, -0.15) is 0 Å². The molecule has 126 valence electrons. The summed E-state index contributed by atoms with van der Waals surface area (Å²) in [5.41, 5.74) is -0.632. The molecule has 0 aromatic heterocycles. The van der Waals surface area contributed by atoms with Crippen LogP contribution in [0.5, 0.6) is 11.5 Å². The fourth-order valence-corrected chi connectivity index (χ4v) is 1.99. The summed E-state index contributed by atoms with van der Waals surface area (Å²) in [6, 6.07) is 7.37. The van der Waals surface area contributed by atoms with Crippen LogP contribution in [-0.4, -0.2) is 32.6 Å². The highest BCUT2D eigenvalue weighted by Crippen LogP contribution is 2.27. The van der Waals surface area contributed by atoms with Gasteiger partial charge in [-0.25, -0.2) is 13.6 Å². The number of ketones is 1. The van der Waals surface area contributed by atoms with Gasteiger partial charge in [0.05, 0.1) is 14.2 Å². The monoisotopic (exact) mass is 336 g/mol. The summed E-state index contributed by atoms with van der Waals surface area (Å²) < 4.78 is 41.8. The zero-order chi connectivity index (χ0) is 17.7. The Kier molecular flexibility index (Phi) is 5.47. The minimum absolute atomic E-state index is 0.203. The van der Waals surface area contributed by atoms with E-state index in [2.05, 4.69) is 0 Å². The van der Waals surface area contributed by atoms with Gasteiger partial charge in [-0.3, -0.25) is 4.79 Å². The van der Waals surface area contributed by atoms with Gasteiger partial charge < -0.3 is 14.2 Å². The van der Waals surface area contributed by atoms with Crippen LogP contribution >= 0.6 is 0 Å². The Bertz CT molecular complexity index is 753. The van der Waals surface area contributed by atoms with Crippen LogP contribution in [0.25, 0.3) is 0 Å². The van der Waals surface area contributed by atoms with Crippen molar-refractivity contribution in [2.24, 2.45) is 0 Å². The van der Waals surface area contributed by atoms with Crippen molar-refractivity contribution in [3.05, 3.63) is 59.2 Å². The van der Waals surface area contributed by atoms with Crippen LogP contribution in [0.4, 0.5) is 8.78 Å². The number of esters is 1. The number of hydrogen-bond acceptors (Lipinski definition) is 5. The van der Waals surface area contributed by atoms with Crippen molar-refractivity contribution in [1.29, 1.82) is 0 Å². The average Bonchev–Trinajstić information content (AvgIpc) is 2.58. The van der Waals surface area contributed by atoms with Crippen LogP contribution in [0.1, 0.15) is 20.7 Å². The first-order chi connectivity index (χ1) is 11.5. The molecule has 0 aliphatic heterocycles. The van der Waals surface area contributed by atoms with Gasteiger partial charge in [0.15, 0.2) is 23.9 Å². The summed E-state index contributed by atoms with van der Waals surface area (Å²) in [7, 11) is 2.86. The van der Waals surface area contributed by atoms with E-state index in [0.717, 1.165) is 18.2 Å². The Morgan fingerprint density at radius 2 is 1.58 bits per heavy atom. The lowest BCUT2D eigenvalue weighted by Gasteiger charge is -2.09. The second kappa shape index (κ2) is 7.54. The molecule has 5 nitrogen and oxygen atoms in total. The van der Waals surface area contributed by atoms with Gasteiger partial charge in [0.2, 0.25) is 0 Å². The van der Waals surface area contributed by atoms with Gasteiger partial charge in [-0.1, -0.05) is 6.07 Å². The number of rotatable bonds is 6. The Labute approximate surface area is 136 Å². The van der Waals surface area contributed by atoms with Crippen LogP contribution in [0.3, 0.4) is 0 Å². The van der Waals surface area contributed by atoms with E-state index in [1.54, 1.807) is 0 Å². The molecule has 0 aliphatic carbocycles. The predicted octanol–water partition coefficient (Wildman–Crippen LogP) is 3.02. The number of ether oxygens (including phenoxy) is 3. The van der Waals surface area contributed by atoms with Crippen LogP contribution in [0.15, 0.2) is 36.4 Å². The molecule has 0 unspecified atom stereocenters. The zero-order valence-electron chi connectivity index (χ0n) is 13.0. The summed E-state index contributed by atoms with van der Waals surface area (Å²) in [4.78, 5) is 23.8. The molecule has 24 heavy (non-hydrogen) atoms. The molecule has 0 fully saturated rings. The largest absolute Gasteiger partial charge is 0.493 e. The van der Waals surface area contributed by atoms with Gasteiger partial charge in [0.25, 0.3) is 0 Å².